The van der Waals surface area contributed by atoms with E-state index >= 15 is 0 Å². The van der Waals surface area contributed by atoms with Crippen molar-refractivity contribution < 1.29 is 0 Å². The van der Waals surface area contributed by atoms with Crippen LogP contribution in [-0.2, 0) is 0 Å². The number of nitrogens with zero attached hydrogens (tertiary/aromatic N) is 2. The first-order valence-corrected chi connectivity index (χ1v) is 5.90. The summed E-state index contributed by atoms with van der Waals surface area (Å²) < 4.78 is 0. The van der Waals surface area contributed by atoms with Gasteiger partial charge in [0, 0.05) is 11.5 Å². The van der Waals surface area contributed by atoms with E-state index in [2.05, 4.69) is 9.97 Å². The van der Waals surface area contributed by atoms with Gasteiger partial charge in [-0.15, -0.1) is 11.8 Å². The van der Waals surface area contributed by atoms with E-state index in [0.29, 0.717) is 11.1 Å². The lowest BCUT2D eigenvalue weighted by Gasteiger charge is -2.05. The molecular formula is C9H11ClN2S. The Labute approximate surface area is 87.1 Å². The normalized spacial score (nSPS) is 16.2. The fourth-order valence-corrected chi connectivity index (χ4v) is 2.03. The molecule has 0 aromatic carbocycles. The van der Waals surface area contributed by atoms with Gasteiger partial charge in [0.25, 0.3) is 0 Å². The van der Waals surface area contributed by atoms with Gasteiger partial charge in [-0.2, -0.15) is 0 Å². The van der Waals surface area contributed by atoms with Crippen LogP contribution in [0.5, 0.6) is 0 Å². The van der Waals surface area contributed by atoms with Gasteiger partial charge in [-0.25, -0.2) is 9.97 Å². The third-order valence-electron chi connectivity index (χ3n) is 2.19. The molecule has 1 aliphatic carbocycles. The number of hydrogen-bond acceptors (Lipinski definition) is 3. The second-order valence-electron chi connectivity index (χ2n) is 3.28. The summed E-state index contributed by atoms with van der Waals surface area (Å²) in [6.07, 6.45) is 4.45. The summed E-state index contributed by atoms with van der Waals surface area (Å²) in [5.74, 6) is 1.50. The van der Waals surface area contributed by atoms with Gasteiger partial charge >= 0.3 is 0 Å². The second kappa shape index (κ2) is 3.46. The van der Waals surface area contributed by atoms with Crippen LogP contribution in [0.1, 0.15) is 30.1 Å². The quantitative estimate of drug-likeness (QED) is 0.559. The summed E-state index contributed by atoms with van der Waals surface area (Å²) in [5, 5.41) is 1.63. The summed E-state index contributed by atoms with van der Waals surface area (Å²) >= 11 is 7.64. The Morgan fingerprint density at radius 2 is 2.08 bits per heavy atom. The van der Waals surface area contributed by atoms with Crippen molar-refractivity contribution in [2.75, 3.05) is 6.26 Å². The van der Waals surface area contributed by atoms with Crippen LogP contribution in [0.2, 0.25) is 5.15 Å². The van der Waals surface area contributed by atoms with Gasteiger partial charge in [-0.3, -0.25) is 0 Å². The molecule has 1 aromatic heterocycles. The molecule has 0 aliphatic heterocycles. The first-order chi connectivity index (χ1) is 6.22. The van der Waals surface area contributed by atoms with E-state index in [0.717, 1.165) is 16.4 Å². The number of hydrogen-bond donors (Lipinski definition) is 0. The van der Waals surface area contributed by atoms with Crippen molar-refractivity contribution in [2.45, 2.75) is 30.7 Å². The highest BCUT2D eigenvalue weighted by atomic mass is 35.5. The van der Waals surface area contributed by atoms with Crippen LogP contribution in [0.25, 0.3) is 0 Å². The van der Waals surface area contributed by atoms with Crippen LogP contribution in [-0.4, -0.2) is 16.2 Å². The average Bonchev–Trinajstić information content (AvgIpc) is 2.92. The molecule has 2 nitrogen and oxygen atoms in total. The van der Waals surface area contributed by atoms with Gasteiger partial charge in [0.15, 0.2) is 0 Å². The predicted octanol–water partition coefficient (Wildman–Crippen LogP) is 3.04. The fraction of sp³-hybridized carbons (Fsp3) is 0.556. The topological polar surface area (TPSA) is 25.8 Å². The van der Waals surface area contributed by atoms with E-state index in [1.54, 1.807) is 11.8 Å². The predicted molar refractivity (Wildman–Crippen MR) is 55.5 cm³/mol. The summed E-state index contributed by atoms with van der Waals surface area (Å²) in [7, 11) is 0. The monoisotopic (exact) mass is 214 g/mol. The largest absolute Gasteiger partial charge is 0.226 e. The molecule has 1 fully saturated rings. The fourth-order valence-electron chi connectivity index (χ4n) is 1.21. The average molecular weight is 215 g/mol. The van der Waals surface area contributed by atoms with Crippen LogP contribution in [0.3, 0.4) is 0 Å². The third kappa shape index (κ3) is 1.81. The number of rotatable bonds is 2. The molecule has 70 valence electrons. The zero-order valence-electron chi connectivity index (χ0n) is 7.67. The van der Waals surface area contributed by atoms with E-state index in [9.17, 15) is 0 Å². The molecule has 4 heteroatoms. The van der Waals surface area contributed by atoms with Crippen molar-refractivity contribution in [3.8, 4) is 0 Å². The maximum Gasteiger partial charge on any atom is 0.136 e. The number of aromatic nitrogens is 2. The highest BCUT2D eigenvalue weighted by Crippen LogP contribution is 2.39. The van der Waals surface area contributed by atoms with Crippen LogP contribution >= 0.6 is 23.4 Å². The smallest absolute Gasteiger partial charge is 0.136 e. The van der Waals surface area contributed by atoms with Crippen LogP contribution in [0.15, 0.2) is 5.03 Å². The standard InChI is InChI=1S/C9H11ClN2S/c1-5-7(10)11-8(6-3-4-6)12-9(5)13-2/h6H,3-4H2,1-2H3. The van der Waals surface area contributed by atoms with E-state index in [4.69, 9.17) is 11.6 Å². The molecule has 1 saturated carbocycles. The summed E-state index contributed by atoms with van der Waals surface area (Å²) in [4.78, 5) is 8.77. The Bertz CT molecular complexity index is 337. The van der Waals surface area contributed by atoms with Crippen molar-refractivity contribution in [2.24, 2.45) is 0 Å². The minimum Gasteiger partial charge on any atom is -0.226 e. The lowest BCUT2D eigenvalue weighted by atomic mass is 10.3. The minimum atomic E-state index is 0.573. The first kappa shape index (κ1) is 9.28. The molecule has 0 atom stereocenters. The number of thioether (sulfide) groups is 1. The highest BCUT2D eigenvalue weighted by Gasteiger charge is 2.27. The van der Waals surface area contributed by atoms with Crippen molar-refractivity contribution in [3.05, 3.63) is 16.5 Å². The van der Waals surface area contributed by atoms with Crippen LogP contribution in [0, 0.1) is 6.92 Å². The minimum absolute atomic E-state index is 0.573. The Kier molecular flexibility index (Phi) is 2.47. The van der Waals surface area contributed by atoms with Crippen molar-refractivity contribution in [1.29, 1.82) is 0 Å². The summed E-state index contributed by atoms with van der Waals surface area (Å²) in [6.45, 7) is 1.96. The Morgan fingerprint density at radius 1 is 1.38 bits per heavy atom. The lowest BCUT2D eigenvalue weighted by Crippen LogP contribution is -1.97. The molecule has 0 radical (unpaired) electrons. The molecule has 1 heterocycles. The lowest BCUT2D eigenvalue weighted by molar-refractivity contribution is 0.863. The van der Waals surface area contributed by atoms with Gasteiger partial charge in [0.05, 0.1) is 0 Å². The zero-order valence-corrected chi connectivity index (χ0v) is 9.24. The number of halogens is 1. The highest BCUT2D eigenvalue weighted by molar-refractivity contribution is 7.98. The van der Waals surface area contributed by atoms with E-state index in [1.165, 1.54) is 12.8 Å². The van der Waals surface area contributed by atoms with Gasteiger partial charge in [-0.05, 0) is 26.0 Å². The molecule has 13 heavy (non-hydrogen) atoms. The van der Waals surface area contributed by atoms with Crippen LogP contribution < -0.4 is 0 Å². The Balaban J connectivity index is 2.43. The molecule has 0 unspecified atom stereocenters. The molecule has 1 aromatic rings. The van der Waals surface area contributed by atoms with E-state index < -0.39 is 0 Å². The zero-order chi connectivity index (χ0) is 9.42. The summed E-state index contributed by atoms with van der Waals surface area (Å²) in [6, 6.07) is 0. The van der Waals surface area contributed by atoms with Gasteiger partial charge in [0.1, 0.15) is 16.0 Å². The van der Waals surface area contributed by atoms with E-state index in [-0.39, 0.29) is 0 Å². The first-order valence-electron chi connectivity index (χ1n) is 4.30. The third-order valence-corrected chi connectivity index (χ3v) is 3.35. The summed E-state index contributed by atoms with van der Waals surface area (Å²) in [5.41, 5.74) is 0.999. The molecular weight excluding hydrogens is 204 g/mol. The van der Waals surface area contributed by atoms with Gasteiger partial charge < -0.3 is 0 Å². The van der Waals surface area contributed by atoms with Crippen LogP contribution in [0.4, 0.5) is 0 Å². The molecule has 0 amide bonds. The maximum atomic E-state index is 6.01. The molecule has 0 spiro atoms. The molecule has 0 N–H and O–H groups in total. The molecule has 2 rings (SSSR count). The van der Waals surface area contributed by atoms with E-state index in [1.807, 2.05) is 13.2 Å². The SMILES string of the molecule is CSc1nc(C2CC2)nc(Cl)c1C. The van der Waals surface area contributed by atoms with Crippen molar-refractivity contribution in [1.82, 2.24) is 9.97 Å². The maximum absolute atomic E-state index is 6.01. The molecule has 1 aliphatic rings. The van der Waals surface area contributed by atoms with Gasteiger partial charge in [-0.1, -0.05) is 11.6 Å². The van der Waals surface area contributed by atoms with Gasteiger partial charge in [0.2, 0.25) is 0 Å². The Morgan fingerprint density at radius 3 is 2.62 bits per heavy atom. The molecule has 0 bridgehead atoms. The van der Waals surface area contributed by atoms with Crippen molar-refractivity contribution in [3.63, 3.8) is 0 Å². The van der Waals surface area contributed by atoms with Crippen molar-refractivity contribution >= 4 is 23.4 Å². The Hall–Kier alpha value is -0.280. The second-order valence-corrected chi connectivity index (χ2v) is 4.43. The molecule has 0 saturated heterocycles.